The first-order valence-electron chi connectivity index (χ1n) is 5.65. The van der Waals surface area contributed by atoms with Gasteiger partial charge in [-0.15, -0.1) is 0 Å². The van der Waals surface area contributed by atoms with Gasteiger partial charge in [0.25, 0.3) is 5.91 Å². The van der Waals surface area contributed by atoms with Crippen LogP contribution in [0.25, 0.3) is 0 Å². The van der Waals surface area contributed by atoms with E-state index >= 15 is 0 Å². The molecule has 1 amide bonds. The van der Waals surface area contributed by atoms with Crippen molar-refractivity contribution in [3.05, 3.63) is 29.8 Å². The van der Waals surface area contributed by atoms with E-state index in [1.165, 1.54) is 12.1 Å². The van der Waals surface area contributed by atoms with Gasteiger partial charge in [-0.2, -0.15) is 0 Å². The summed E-state index contributed by atoms with van der Waals surface area (Å²) in [4.78, 5) is 15.6. The van der Waals surface area contributed by atoms with Crippen LogP contribution in [0.3, 0.4) is 0 Å². The summed E-state index contributed by atoms with van der Waals surface area (Å²) < 4.78 is 0. The second kappa shape index (κ2) is 6.48. The Kier molecular flexibility index (Phi) is 4.98. The molecule has 0 aliphatic rings. The minimum absolute atomic E-state index is 0.0323. The molecular weight excluding hydrogens is 232 g/mol. The molecule has 6 nitrogen and oxygen atoms in total. The van der Waals surface area contributed by atoms with Crippen LogP contribution in [-0.4, -0.2) is 29.6 Å². The van der Waals surface area contributed by atoms with Crippen LogP contribution in [0, 0.1) is 0 Å². The molecule has 0 bridgehead atoms. The zero-order chi connectivity index (χ0) is 13.5. The summed E-state index contributed by atoms with van der Waals surface area (Å²) in [6.45, 7) is 2.35. The fraction of sp³-hybridized carbons (Fsp3) is 0.333. The quantitative estimate of drug-likeness (QED) is 0.440. The predicted octanol–water partition coefficient (Wildman–Crippen LogP) is 0.174. The first-order valence-corrected chi connectivity index (χ1v) is 5.65. The maximum atomic E-state index is 11.7. The van der Waals surface area contributed by atoms with Crippen molar-refractivity contribution in [2.75, 3.05) is 6.54 Å². The largest absolute Gasteiger partial charge is 0.508 e. The highest BCUT2D eigenvalue weighted by Crippen LogP contribution is 2.09. The number of phenolic OH excluding ortho intramolecular Hbond substituents is 1. The van der Waals surface area contributed by atoms with Crippen molar-refractivity contribution in [3.63, 3.8) is 0 Å². The van der Waals surface area contributed by atoms with E-state index in [1.807, 2.05) is 6.92 Å². The molecule has 6 N–H and O–H groups in total. The summed E-state index contributed by atoms with van der Waals surface area (Å²) in [6, 6.07) is 6.03. The van der Waals surface area contributed by atoms with E-state index in [9.17, 15) is 4.79 Å². The second-order valence-electron chi connectivity index (χ2n) is 3.99. The fourth-order valence-corrected chi connectivity index (χ4v) is 1.43. The smallest absolute Gasteiger partial charge is 0.251 e. The van der Waals surface area contributed by atoms with Gasteiger partial charge in [0.2, 0.25) is 0 Å². The molecule has 1 aromatic carbocycles. The van der Waals surface area contributed by atoms with E-state index in [0.29, 0.717) is 18.5 Å². The molecule has 0 saturated carbocycles. The third-order valence-electron chi connectivity index (χ3n) is 2.35. The Hall–Kier alpha value is -2.24. The monoisotopic (exact) mass is 250 g/mol. The molecule has 0 aliphatic carbocycles. The molecule has 0 heterocycles. The van der Waals surface area contributed by atoms with Crippen LogP contribution in [0.5, 0.6) is 5.75 Å². The number of phenols is 1. The number of nitrogens with two attached hydrogens (primary N) is 2. The minimum Gasteiger partial charge on any atom is -0.508 e. The van der Waals surface area contributed by atoms with Crippen LogP contribution >= 0.6 is 0 Å². The van der Waals surface area contributed by atoms with E-state index in [2.05, 4.69) is 10.3 Å². The summed E-state index contributed by atoms with van der Waals surface area (Å²) in [6.07, 6.45) is 0.654. The van der Waals surface area contributed by atoms with Gasteiger partial charge in [-0.1, -0.05) is 0 Å². The summed E-state index contributed by atoms with van der Waals surface area (Å²) >= 11 is 0. The zero-order valence-corrected chi connectivity index (χ0v) is 10.3. The Labute approximate surface area is 106 Å². The normalized spacial score (nSPS) is 11.6. The molecule has 0 radical (unpaired) electrons. The van der Waals surface area contributed by atoms with Crippen LogP contribution in [0.4, 0.5) is 0 Å². The molecule has 0 saturated heterocycles. The van der Waals surface area contributed by atoms with Crippen molar-refractivity contribution in [2.45, 2.75) is 19.4 Å². The number of carbonyl (C=O) groups excluding carboxylic acids is 1. The molecule has 98 valence electrons. The fourth-order valence-electron chi connectivity index (χ4n) is 1.43. The third-order valence-corrected chi connectivity index (χ3v) is 2.35. The molecule has 0 fully saturated rings. The molecule has 0 aliphatic heterocycles. The molecule has 0 spiro atoms. The SMILES string of the molecule is CC(CCNC(=O)c1ccc(O)cc1)N=C(N)N. The van der Waals surface area contributed by atoms with Gasteiger partial charge in [-0.3, -0.25) is 9.79 Å². The average Bonchev–Trinajstić information content (AvgIpc) is 2.28. The Morgan fingerprint density at radius 1 is 1.39 bits per heavy atom. The maximum Gasteiger partial charge on any atom is 0.251 e. The van der Waals surface area contributed by atoms with Gasteiger partial charge in [0, 0.05) is 12.1 Å². The molecule has 1 rings (SSSR count). The van der Waals surface area contributed by atoms with Crippen LogP contribution in [0.15, 0.2) is 29.3 Å². The van der Waals surface area contributed by atoms with Gasteiger partial charge in [-0.05, 0) is 37.6 Å². The van der Waals surface area contributed by atoms with Crippen LogP contribution < -0.4 is 16.8 Å². The van der Waals surface area contributed by atoms with Crippen molar-refractivity contribution in [1.29, 1.82) is 0 Å². The number of hydrogen-bond acceptors (Lipinski definition) is 3. The van der Waals surface area contributed by atoms with Crippen LogP contribution in [0.1, 0.15) is 23.7 Å². The summed E-state index contributed by atoms with van der Waals surface area (Å²) in [5.41, 5.74) is 11.0. The Morgan fingerprint density at radius 3 is 2.56 bits per heavy atom. The zero-order valence-electron chi connectivity index (χ0n) is 10.3. The van der Waals surface area contributed by atoms with Gasteiger partial charge in [0.15, 0.2) is 5.96 Å². The highest BCUT2D eigenvalue weighted by molar-refractivity contribution is 5.94. The summed E-state index contributed by atoms with van der Waals surface area (Å²) in [5, 5.41) is 11.9. The number of carbonyl (C=O) groups is 1. The second-order valence-corrected chi connectivity index (χ2v) is 3.99. The van der Waals surface area contributed by atoms with Crippen molar-refractivity contribution in [1.82, 2.24) is 5.32 Å². The molecule has 1 unspecified atom stereocenters. The number of guanidine groups is 1. The Bertz CT molecular complexity index is 424. The lowest BCUT2D eigenvalue weighted by atomic mass is 10.2. The van der Waals surface area contributed by atoms with Crippen LogP contribution in [0.2, 0.25) is 0 Å². The molecule has 6 heteroatoms. The standard InChI is InChI=1S/C12H18N4O2/c1-8(16-12(13)14)6-7-15-11(18)9-2-4-10(17)5-3-9/h2-5,8,17H,6-7H2,1H3,(H,15,18)(H4,13,14,16). The highest BCUT2D eigenvalue weighted by Gasteiger charge is 2.06. The number of amides is 1. The van der Waals surface area contributed by atoms with Gasteiger partial charge in [-0.25, -0.2) is 0 Å². The number of nitrogens with one attached hydrogen (secondary N) is 1. The summed E-state index contributed by atoms with van der Waals surface area (Å²) in [5.74, 6) is -0.00723. The lowest BCUT2D eigenvalue weighted by molar-refractivity contribution is 0.0953. The van der Waals surface area contributed by atoms with E-state index in [4.69, 9.17) is 16.6 Å². The number of rotatable bonds is 5. The van der Waals surface area contributed by atoms with Crippen molar-refractivity contribution in [3.8, 4) is 5.75 Å². The molecule has 0 aromatic heterocycles. The summed E-state index contributed by atoms with van der Waals surface area (Å²) in [7, 11) is 0. The number of hydrogen-bond donors (Lipinski definition) is 4. The van der Waals surface area contributed by atoms with E-state index in [-0.39, 0.29) is 23.7 Å². The maximum absolute atomic E-state index is 11.7. The number of aliphatic imine (C=N–C) groups is 1. The highest BCUT2D eigenvalue weighted by atomic mass is 16.3. The molecule has 1 aromatic rings. The van der Waals surface area contributed by atoms with E-state index in [1.54, 1.807) is 12.1 Å². The predicted molar refractivity (Wildman–Crippen MR) is 70.3 cm³/mol. The van der Waals surface area contributed by atoms with Crippen LogP contribution in [-0.2, 0) is 0 Å². The van der Waals surface area contributed by atoms with Gasteiger partial charge in [0.05, 0.1) is 6.04 Å². The third kappa shape index (κ3) is 4.73. The number of nitrogens with zero attached hydrogens (tertiary/aromatic N) is 1. The van der Waals surface area contributed by atoms with Crippen molar-refractivity contribution < 1.29 is 9.90 Å². The molecular formula is C12H18N4O2. The number of aromatic hydroxyl groups is 1. The van der Waals surface area contributed by atoms with Crippen molar-refractivity contribution >= 4 is 11.9 Å². The van der Waals surface area contributed by atoms with E-state index in [0.717, 1.165) is 0 Å². The molecule has 1 atom stereocenters. The minimum atomic E-state index is -0.188. The average molecular weight is 250 g/mol. The van der Waals surface area contributed by atoms with Crippen molar-refractivity contribution in [2.24, 2.45) is 16.5 Å². The van der Waals surface area contributed by atoms with E-state index < -0.39 is 0 Å². The lowest BCUT2D eigenvalue weighted by Gasteiger charge is -2.08. The number of benzene rings is 1. The van der Waals surface area contributed by atoms with Gasteiger partial charge < -0.3 is 21.9 Å². The molecule has 18 heavy (non-hydrogen) atoms. The lowest BCUT2D eigenvalue weighted by Crippen LogP contribution is -2.28. The first kappa shape index (κ1) is 13.8. The Morgan fingerprint density at radius 2 is 2.00 bits per heavy atom. The Balaban J connectivity index is 2.38. The first-order chi connectivity index (χ1) is 8.49. The van der Waals surface area contributed by atoms with Gasteiger partial charge >= 0.3 is 0 Å². The van der Waals surface area contributed by atoms with Gasteiger partial charge in [0.1, 0.15) is 5.75 Å². The topological polar surface area (TPSA) is 114 Å².